The number of halogens is 4. The molecule has 0 atom stereocenters. The summed E-state index contributed by atoms with van der Waals surface area (Å²) in [5, 5.41) is 11.1. The molecular formula is C36H37ClF3N9O4S. The van der Waals surface area contributed by atoms with Crippen molar-refractivity contribution in [2.75, 3.05) is 49.5 Å². The number of rotatable bonds is 7. The molecule has 0 spiro atoms. The molecule has 3 amide bonds. The topological polar surface area (TPSA) is 146 Å². The fraction of sp³-hybridized carbons (Fsp3) is 0.417. The zero-order valence-corrected chi connectivity index (χ0v) is 30.8. The average molecular weight is 784 g/mol. The van der Waals surface area contributed by atoms with Crippen LogP contribution in [0.2, 0.25) is 5.02 Å². The quantitative estimate of drug-likeness (QED) is 0.248. The normalized spacial score (nSPS) is 18.4. The highest BCUT2D eigenvalue weighted by atomic mass is 35.5. The molecule has 5 heterocycles. The highest BCUT2D eigenvalue weighted by molar-refractivity contribution is 7.89. The second-order valence-corrected chi connectivity index (χ2v) is 15.9. The molecule has 0 aliphatic carbocycles. The highest BCUT2D eigenvalue weighted by Crippen LogP contribution is 2.34. The van der Waals surface area contributed by atoms with E-state index in [1.165, 1.54) is 33.0 Å². The number of alkyl halides is 3. The van der Waals surface area contributed by atoms with Gasteiger partial charge in [-0.2, -0.15) is 22.6 Å². The predicted octanol–water partition coefficient (Wildman–Crippen LogP) is 4.98. The van der Waals surface area contributed by atoms with E-state index in [4.69, 9.17) is 11.6 Å². The number of nitrogens with one attached hydrogen (secondary N) is 2. The van der Waals surface area contributed by atoms with Gasteiger partial charge in [-0.05, 0) is 80.6 Å². The van der Waals surface area contributed by atoms with E-state index in [9.17, 15) is 31.2 Å². The first-order valence-corrected chi connectivity index (χ1v) is 19.3. The predicted molar refractivity (Wildman–Crippen MR) is 195 cm³/mol. The summed E-state index contributed by atoms with van der Waals surface area (Å²) in [7, 11) is -2.01. The Morgan fingerprint density at radius 2 is 1.70 bits per heavy atom. The number of amides is 3. The Bertz CT molecular complexity index is 2240. The standard InChI is InChI=1S/C36H37ClF3N9O4S/c1-46-31-20-24(4-6-29(31)33(45-46)49-18-12-32(50)44-35(49)51)23-8-14-47(15-9-23)13-2-3-25-19-28(5-7-30(25)37)54(52,53)48-16-10-27(11-17-48)43-34-41-21-26(22-42-34)36(38,39)40/h4-7,19-23,27H,8-18H2,1H3,(H,41,42,43)(H,44,50,51). The van der Waals surface area contributed by atoms with Crippen LogP contribution < -0.4 is 15.5 Å². The number of sulfonamides is 1. The number of imide groups is 1. The Hall–Kier alpha value is -4.76. The van der Waals surface area contributed by atoms with Crippen molar-refractivity contribution < 1.29 is 31.2 Å². The molecule has 3 fully saturated rings. The Kier molecular flexibility index (Phi) is 10.5. The molecular weight excluding hydrogens is 747 g/mol. The van der Waals surface area contributed by atoms with Crippen molar-refractivity contribution >= 4 is 56.2 Å². The summed E-state index contributed by atoms with van der Waals surface area (Å²) in [6, 6.07) is 10.0. The molecule has 3 aliphatic heterocycles. The molecule has 4 aromatic rings. The maximum atomic E-state index is 13.5. The zero-order chi connectivity index (χ0) is 38.2. The number of urea groups is 1. The van der Waals surface area contributed by atoms with E-state index in [1.807, 2.05) is 13.1 Å². The lowest BCUT2D eigenvalue weighted by molar-refractivity contribution is -0.138. The van der Waals surface area contributed by atoms with E-state index in [-0.39, 0.29) is 48.8 Å². The van der Waals surface area contributed by atoms with Gasteiger partial charge in [-0.15, -0.1) is 0 Å². The number of benzene rings is 2. The molecule has 0 unspecified atom stereocenters. The third-order valence-electron chi connectivity index (χ3n) is 10.1. The lowest BCUT2D eigenvalue weighted by Crippen LogP contribution is -2.49. The number of nitrogens with zero attached hydrogens (tertiary/aromatic N) is 7. The number of hydrogen-bond acceptors (Lipinski definition) is 9. The van der Waals surface area contributed by atoms with E-state index in [0.29, 0.717) is 54.1 Å². The summed E-state index contributed by atoms with van der Waals surface area (Å²) >= 11 is 6.43. The smallest absolute Gasteiger partial charge is 0.351 e. The fourth-order valence-corrected chi connectivity index (χ4v) is 8.69. The minimum atomic E-state index is -4.53. The first-order valence-electron chi connectivity index (χ1n) is 17.5. The number of piperidine rings is 2. The molecule has 2 aromatic carbocycles. The second kappa shape index (κ2) is 15.2. The van der Waals surface area contributed by atoms with Gasteiger partial charge in [-0.25, -0.2) is 23.2 Å². The lowest BCUT2D eigenvalue weighted by atomic mass is 9.89. The van der Waals surface area contributed by atoms with Gasteiger partial charge < -0.3 is 5.32 Å². The molecule has 0 radical (unpaired) electrons. The number of anilines is 2. The minimum absolute atomic E-state index is 0.0549. The highest BCUT2D eigenvalue weighted by Gasteiger charge is 2.33. The van der Waals surface area contributed by atoms with Crippen LogP contribution in [0.25, 0.3) is 10.9 Å². The van der Waals surface area contributed by atoms with Gasteiger partial charge in [0.2, 0.25) is 21.9 Å². The molecule has 284 valence electrons. The Morgan fingerprint density at radius 1 is 0.981 bits per heavy atom. The van der Waals surface area contributed by atoms with E-state index < -0.39 is 27.8 Å². The van der Waals surface area contributed by atoms with Crippen molar-refractivity contribution in [3.8, 4) is 11.8 Å². The van der Waals surface area contributed by atoms with Gasteiger partial charge >= 0.3 is 12.2 Å². The third kappa shape index (κ3) is 8.02. The molecule has 7 rings (SSSR count). The van der Waals surface area contributed by atoms with Gasteiger partial charge in [0.1, 0.15) is 0 Å². The maximum Gasteiger partial charge on any atom is 0.419 e. The Morgan fingerprint density at radius 3 is 2.39 bits per heavy atom. The Labute approximate surface area is 314 Å². The van der Waals surface area contributed by atoms with Crippen molar-refractivity contribution in [3.63, 3.8) is 0 Å². The van der Waals surface area contributed by atoms with Crippen LogP contribution in [0.3, 0.4) is 0 Å². The molecule has 54 heavy (non-hydrogen) atoms. The largest absolute Gasteiger partial charge is 0.419 e. The van der Waals surface area contributed by atoms with Crippen LogP contribution in [0.15, 0.2) is 53.7 Å². The van der Waals surface area contributed by atoms with Crippen LogP contribution in [-0.2, 0) is 28.0 Å². The summed E-state index contributed by atoms with van der Waals surface area (Å²) in [4.78, 5) is 35.4. The van der Waals surface area contributed by atoms with E-state index in [2.05, 4.69) is 54.6 Å². The summed E-state index contributed by atoms with van der Waals surface area (Å²) in [5.74, 6) is 6.87. The van der Waals surface area contributed by atoms with Crippen molar-refractivity contribution in [3.05, 3.63) is 70.5 Å². The van der Waals surface area contributed by atoms with Gasteiger partial charge in [0, 0.05) is 62.5 Å². The van der Waals surface area contributed by atoms with Gasteiger partial charge in [-0.3, -0.25) is 24.6 Å². The third-order valence-corrected chi connectivity index (χ3v) is 12.3. The first kappa shape index (κ1) is 37.6. The van der Waals surface area contributed by atoms with Crippen molar-refractivity contribution in [2.45, 2.75) is 55.1 Å². The molecule has 0 saturated carbocycles. The SMILES string of the molecule is Cn1nc(N2CCC(=O)NC2=O)c2ccc(C3CCN(CC#Cc4cc(S(=O)(=O)N5CCC(Nc6ncc(C(F)(F)F)cn6)CC5)ccc4Cl)CC3)cc21. The van der Waals surface area contributed by atoms with Crippen LogP contribution in [0, 0.1) is 11.8 Å². The second-order valence-electron chi connectivity index (χ2n) is 13.6. The van der Waals surface area contributed by atoms with Crippen molar-refractivity contribution in [2.24, 2.45) is 7.05 Å². The lowest BCUT2D eigenvalue weighted by Gasteiger charge is -2.31. The van der Waals surface area contributed by atoms with Crippen molar-refractivity contribution in [1.82, 2.24) is 34.3 Å². The number of hydrogen-bond donors (Lipinski definition) is 2. The zero-order valence-electron chi connectivity index (χ0n) is 29.2. The molecule has 13 nitrogen and oxygen atoms in total. The molecule has 18 heteroatoms. The van der Waals surface area contributed by atoms with Crippen LogP contribution >= 0.6 is 11.6 Å². The number of fused-ring (bicyclic) bond motifs is 1. The van der Waals surface area contributed by atoms with Gasteiger partial charge in [0.25, 0.3) is 0 Å². The van der Waals surface area contributed by atoms with Gasteiger partial charge in [-0.1, -0.05) is 29.5 Å². The number of aryl methyl sites for hydroxylation is 1. The first-order chi connectivity index (χ1) is 25.8. The summed E-state index contributed by atoms with van der Waals surface area (Å²) in [6.07, 6.45) is -0.190. The van der Waals surface area contributed by atoms with Gasteiger partial charge in [0.05, 0.1) is 27.5 Å². The number of carbonyl (C=O) groups is 2. The monoisotopic (exact) mass is 783 g/mol. The van der Waals surface area contributed by atoms with Gasteiger partial charge in [0.15, 0.2) is 5.82 Å². The fourth-order valence-electron chi connectivity index (χ4n) is 7.03. The number of carbonyl (C=O) groups excluding carboxylic acids is 2. The average Bonchev–Trinajstić information content (AvgIpc) is 3.47. The van der Waals surface area contributed by atoms with E-state index in [0.717, 1.165) is 36.8 Å². The summed E-state index contributed by atoms with van der Waals surface area (Å²) in [6.45, 7) is 2.84. The number of likely N-dealkylation sites (tertiary alicyclic amines) is 1. The van der Waals surface area contributed by atoms with E-state index >= 15 is 0 Å². The van der Waals surface area contributed by atoms with Crippen LogP contribution in [0.5, 0.6) is 0 Å². The van der Waals surface area contributed by atoms with Crippen molar-refractivity contribution in [1.29, 1.82) is 0 Å². The molecule has 3 aliphatic rings. The molecule has 2 aromatic heterocycles. The number of aromatic nitrogens is 4. The molecule has 0 bridgehead atoms. The summed E-state index contributed by atoms with van der Waals surface area (Å²) in [5.41, 5.74) is 1.58. The van der Waals surface area contributed by atoms with Crippen LogP contribution in [-0.4, -0.2) is 94.6 Å². The molecule has 2 N–H and O–H groups in total. The van der Waals surface area contributed by atoms with Crippen LogP contribution in [0.4, 0.5) is 29.7 Å². The maximum absolute atomic E-state index is 13.5. The molecule has 3 saturated heterocycles. The summed E-state index contributed by atoms with van der Waals surface area (Å²) < 4.78 is 68.7. The minimum Gasteiger partial charge on any atom is -0.351 e. The van der Waals surface area contributed by atoms with Crippen LogP contribution in [0.1, 0.15) is 54.7 Å². The Balaban J connectivity index is 0.925. The van der Waals surface area contributed by atoms with E-state index in [1.54, 1.807) is 4.68 Å².